The molecule has 2 heteroatoms. The minimum atomic E-state index is 0.331. The minimum Gasteiger partial charge on any atom is -0.508 e. The standard InChI is InChI=1S/C13H13NO/c15-12-4-3-9-7-11(13-5-6-14-13)2-1-10(9)8-12/h1-4,7-8,13-15H,5-6H2/t13-/m0/s1. The Morgan fingerprint density at radius 1 is 1.07 bits per heavy atom. The van der Waals surface area contributed by atoms with Gasteiger partial charge in [0.2, 0.25) is 0 Å². The molecule has 15 heavy (non-hydrogen) atoms. The second-order valence-corrected chi connectivity index (χ2v) is 4.09. The van der Waals surface area contributed by atoms with Crippen molar-refractivity contribution in [2.75, 3.05) is 6.54 Å². The summed E-state index contributed by atoms with van der Waals surface area (Å²) < 4.78 is 0. The smallest absolute Gasteiger partial charge is 0.116 e. The lowest BCUT2D eigenvalue weighted by Gasteiger charge is -2.28. The summed E-state index contributed by atoms with van der Waals surface area (Å²) in [4.78, 5) is 0. The zero-order valence-electron chi connectivity index (χ0n) is 8.40. The number of hydrogen-bond acceptors (Lipinski definition) is 2. The van der Waals surface area contributed by atoms with E-state index in [1.54, 1.807) is 12.1 Å². The Balaban J connectivity index is 2.09. The second-order valence-electron chi connectivity index (χ2n) is 4.09. The Morgan fingerprint density at radius 3 is 2.53 bits per heavy atom. The quantitative estimate of drug-likeness (QED) is 0.739. The van der Waals surface area contributed by atoms with E-state index in [1.165, 1.54) is 17.4 Å². The number of phenols is 1. The van der Waals surface area contributed by atoms with E-state index in [1.807, 2.05) is 6.07 Å². The maximum atomic E-state index is 9.35. The number of benzene rings is 2. The first-order valence-electron chi connectivity index (χ1n) is 5.29. The summed E-state index contributed by atoms with van der Waals surface area (Å²) in [6.07, 6.45) is 1.23. The van der Waals surface area contributed by atoms with Gasteiger partial charge in [0.1, 0.15) is 5.75 Å². The van der Waals surface area contributed by atoms with Gasteiger partial charge in [-0.25, -0.2) is 0 Å². The highest BCUT2D eigenvalue weighted by molar-refractivity contribution is 5.84. The summed E-state index contributed by atoms with van der Waals surface area (Å²) in [5, 5.41) is 15.0. The van der Waals surface area contributed by atoms with Crippen LogP contribution in [-0.4, -0.2) is 11.7 Å². The third-order valence-electron chi connectivity index (χ3n) is 3.07. The van der Waals surface area contributed by atoms with Gasteiger partial charge in [0, 0.05) is 6.04 Å². The Bertz CT molecular complexity index is 503. The SMILES string of the molecule is Oc1ccc2cc([C@@H]3CCN3)ccc2c1. The number of hydrogen-bond donors (Lipinski definition) is 2. The van der Waals surface area contributed by atoms with Crippen molar-refractivity contribution in [1.82, 2.24) is 5.32 Å². The fourth-order valence-corrected chi connectivity index (χ4v) is 2.04. The van der Waals surface area contributed by atoms with Gasteiger partial charge in [0.25, 0.3) is 0 Å². The number of aromatic hydroxyl groups is 1. The van der Waals surface area contributed by atoms with Crippen LogP contribution in [0.15, 0.2) is 36.4 Å². The molecule has 3 rings (SSSR count). The summed E-state index contributed by atoms with van der Waals surface area (Å²) in [7, 11) is 0. The average Bonchev–Trinajstić information content (AvgIpc) is 2.15. The predicted molar refractivity (Wildman–Crippen MR) is 61.0 cm³/mol. The van der Waals surface area contributed by atoms with Crippen LogP contribution in [0, 0.1) is 0 Å². The van der Waals surface area contributed by atoms with Crippen LogP contribution in [0.3, 0.4) is 0 Å². The summed E-state index contributed by atoms with van der Waals surface area (Å²) in [6, 6.07) is 12.4. The molecule has 0 aromatic heterocycles. The van der Waals surface area contributed by atoms with Crippen LogP contribution in [0.5, 0.6) is 5.75 Å². The van der Waals surface area contributed by atoms with Crippen LogP contribution in [0.1, 0.15) is 18.0 Å². The van der Waals surface area contributed by atoms with Gasteiger partial charge in [0.15, 0.2) is 0 Å². The van der Waals surface area contributed by atoms with E-state index in [4.69, 9.17) is 0 Å². The van der Waals surface area contributed by atoms with Crippen molar-refractivity contribution in [3.8, 4) is 5.75 Å². The fraction of sp³-hybridized carbons (Fsp3) is 0.231. The number of phenolic OH excluding ortho intramolecular Hbond substituents is 1. The molecular weight excluding hydrogens is 186 g/mol. The van der Waals surface area contributed by atoms with Crippen molar-refractivity contribution in [3.63, 3.8) is 0 Å². The zero-order valence-corrected chi connectivity index (χ0v) is 8.40. The van der Waals surface area contributed by atoms with Crippen molar-refractivity contribution in [1.29, 1.82) is 0 Å². The molecule has 2 N–H and O–H groups in total. The van der Waals surface area contributed by atoms with E-state index >= 15 is 0 Å². The zero-order chi connectivity index (χ0) is 10.3. The first kappa shape index (κ1) is 8.74. The highest BCUT2D eigenvalue weighted by Crippen LogP contribution is 2.27. The Hall–Kier alpha value is -1.54. The van der Waals surface area contributed by atoms with Crippen molar-refractivity contribution in [2.24, 2.45) is 0 Å². The molecule has 2 nitrogen and oxygen atoms in total. The van der Waals surface area contributed by atoms with Crippen LogP contribution in [0.25, 0.3) is 10.8 Å². The highest BCUT2D eigenvalue weighted by Gasteiger charge is 2.18. The van der Waals surface area contributed by atoms with Crippen molar-refractivity contribution in [3.05, 3.63) is 42.0 Å². The highest BCUT2D eigenvalue weighted by atomic mass is 16.3. The summed E-state index contributed by atoms with van der Waals surface area (Å²) >= 11 is 0. The third-order valence-corrected chi connectivity index (χ3v) is 3.07. The number of rotatable bonds is 1. The molecule has 2 aromatic rings. The van der Waals surface area contributed by atoms with E-state index in [-0.39, 0.29) is 0 Å². The molecule has 0 spiro atoms. The molecule has 1 fully saturated rings. The van der Waals surface area contributed by atoms with Gasteiger partial charge in [-0.15, -0.1) is 0 Å². The molecule has 0 radical (unpaired) electrons. The van der Waals surface area contributed by atoms with Gasteiger partial charge >= 0.3 is 0 Å². The van der Waals surface area contributed by atoms with Crippen LogP contribution >= 0.6 is 0 Å². The second kappa shape index (κ2) is 3.24. The van der Waals surface area contributed by atoms with Crippen LogP contribution in [-0.2, 0) is 0 Å². The maximum Gasteiger partial charge on any atom is 0.116 e. The number of nitrogens with one attached hydrogen (secondary N) is 1. The van der Waals surface area contributed by atoms with Crippen molar-refractivity contribution in [2.45, 2.75) is 12.5 Å². The van der Waals surface area contributed by atoms with Crippen LogP contribution in [0.4, 0.5) is 0 Å². The largest absolute Gasteiger partial charge is 0.508 e. The molecule has 1 aliphatic rings. The van der Waals surface area contributed by atoms with Gasteiger partial charge in [-0.2, -0.15) is 0 Å². The minimum absolute atomic E-state index is 0.331. The van der Waals surface area contributed by atoms with E-state index in [9.17, 15) is 5.11 Å². The molecule has 2 aromatic carbocycles. The Labute approximate surface area is 88.5 Å². The van der Waals surface area contributed by atoms with E-state index in [2.05, 4.69) is 23.5 Å². The molecule has 1 aliphatic heterocycles. The normalized spacial score (nSPS) is 20.1. The van der Waals surface area contributed by atoms with Gasteiger partial charge in [-0.1, -0.05) is 18.2 Å². The van der Waals surface area contributed by atoms with Gasteiger partial charge in [0.05, 0.1) is 0 Å². The van der Waals surface area contributed by atoms with Gasteiger partial charge < -0.3 is 10.4 Å². The maximum absolute atomic E-state index is 9.35. The predicted octanol–water partition coefficient (Wildman–Crippen LogP) is 2.58. The first-order valence-corrected chi connectivity index (χ1v) is 5.29. The molecule has 0 amide bonds. The molecule has 1 saturated heterocycles. The first-order chi connectivity index (χ1) is 7.33. The van der Waals surface area contributed by atoms with Gasteiger partial charge in [-0.3, -0.25) is 0 Å². The Morgan fingerprint density at radius 2 is 1.80 bits per heavy atom. The molecule has 0 bridgehead atoms. The lowest BCUT2D eigenvalue weighted by atomic mass is 9.95. The molecule has 1 atom stereocenters. The summed E-state index contributed by atoms with van der Waals surface area (Å²) in [5.74, 6) is 0.331. The topological polar surface area (TPSA) is 32.3 Å². The molecule has 0 unspecified atom stereocenters. The van der Waals surface area contributed by atoms with Gasteiger partial charge in [-0.05, 0) is 47.5 Å². The molecule has 0 saturated carbocycles. The lowest BCUT2D eigenvalue weighted by molar-refractivity contribution is 0.383. The fourth-order valence-electron chi connectivity index (χ4n) is 2.04. The Kier molecular flexibility index (Phi) is 1.89. The van der Waals surface area contributed by atoms with Crippen LogP contribution < -0.4 is 5.32 Å². The van der Waals surface area contributed by atoms with Crippen molar-refractivity contribution < 1.29 is 5.11 Å². The summed E-state index contributed by atoms with van der Waals surface area (Å²) in [5.41, 5.74) is 1.35. The molecule has 0 aliphatic carbocycles. The molecule has 76 valence electrons. The summed E-state index contributed by atoms with van der Waals surface area (Å²) in [6.45, 7) is 1.12. The van der Waals surface area contributed by atoms with E-state index in [0.29, 0.717) is 11.8 Å². The van der Waals surface area contributed by atoms with E-state index < -0.39 is 0 Å². The third kappa shape index (κ3) is 1.47. The van der Waals surface area contributed by atoms with E-state index in [0.717, 1.165) is 11.9 Å². The van der Waals surface area contributed by atoms with Crippen LogP contribution in [0.2, 0.25) is 0 Å². The monoisotopic (exact) mass is 199 g/mol. The molecule has 1 heterocycles. The molecular formula is C13H13NO. The average molecular weight is 199 g/mol. The van der Waals surface area contributed by atoms with Crippen molar-refractivity contribution >= 4 is 10.8 Å². The number of fused-ring (bicyclic) bond motifs is 1. The lowest BCUT2D eigenvalue weighted by Crippen LogP contribution is -2.34.